The van der Waals surface area contributed by atoms with E-state index in [0.717, 1.165) is 38.0 Å². The van der Waals surface area contributed by atoms with E-state index in [1.807, 2.05) is 40.1 Å². The summed E-state index contributed by atoms with van der Waals surface area (Å²) in [5.74, 6) is 0.173. The lowest BCUT2D eigenvalue weighted by Crippen LogP contribution is -2.47. The van der Waals surface area contributed by atoms with Crippen molar-refractivity contribution in [3.8, 4) is 0 Å². The van der Waals surface area contributed by atoms with E-state index in [4.69, 9.17) is 4.74 Å². The van der Waals surface area contributed by atoms with Gasteiger partial charge in [-0.3, -0.25) is 9.59 Å². The predicted molar refractivity (Wildman–Crippen MR) is 88.2 cm³/mol. The van der Waals surface area contributed by atoms with Crippen molar-refractivity contribution in [2.24, 2.45) is 0 Å². The Morgan fingerprint density at radius 1 is 1.17 bits per heavy atom. The molecule has 3 rings (SSSR count). The number of hydrogen-bond donors (Lipinski definition) is 0. The second-order valence-corrected chi connectivity index (χ2v) is 6.58. The van der Waals surface area contributed by atoms with E-state index in [0.29, 0.717) is 6.61 Å². The number of likely N-dealkylation sites (tertiary alicyclic amines) is 1. The van der Waals surface area contributed by atoms with Gasteiger partial charge in [-0.2, -0.15) is 0 Å². The number of carbonyl (C=O) groups is 2. The average Bonchev–Trinajstić information content (AvgIpc) is 2.92. The molecule has 0 N–H and O–H groups in total. The number of anilines is 1. The highest BCUT2D eigenvalue weighted by Gasteiger charge is 2.45. The fourth-order valence-corrected chi connectivity index (χ4v) is 3.80. The van der Waals surface area contributed by atoms with Crippen LogP contribution >= 0.6 is 0 Å². The van der Waals surface area contributed by atoms with Gasteiger partial charge in [-0.25, -0.2) is 0 Å². The molecule has 5 nitrogen and oxygen atoms in total. The Morgan fingerprint density at radius 2 is 1.83 bits per heavy atom. The first kappa shape index (κ1) is 16.0. The normalized spacial score (nSPS) is 23.0. The van der Waals surface area contributed by atoms with Crippen molar-refractivity contribution in [2.45, 2.75) is 44.8 Å². The molecule has 0 radical (unpaired) electrons. The summed E-state index contributed by atoms with van der Waals surface area (Å²) < 4.78 is 6.14. The molecule has 23 heavy (non-hydrogen) atoms. The molecule has 0 bridgehead atoms. The summed E-state index contributed by atoms with van der Waals surface area (Å²) in [6.45, 7) is 5.27. The summed E-state index contributed by atoms with van der Waals surface area (Å²) in [5.41, 5.74) is 0.742. The smallest absolute Gasteiger partial charge is 0.224 e. The van der Waals surface area contributed by atoms with Gasteiger partial charge in [0.15, 0.2) is 0 Å². The fourth-order valence-electron chi connectivity index (χ4n) is 3.80. The van der Waals surface area contributed by atoms with E-state index >= 15 is 0 Å². The van der Waals surface area contributed by atoms with E-state index in [2.05, 4.69) is 0 Å². The highest BCUT2D eigenvalue weighted by atomic mass is 16.5. The third-order valence-electron chi connectivity index (χ3n) is 5.05. The van der Waals surface area contributed by atoms with E-state index < -0.39 is 0 Å². The van der Waals surface area contributed by atoms with Crippen molar-refractivity contribution in [1.82, 2.24) is 4.90 Å². The molecule has 0 saturated carbocycles. The SMILES string of the molecule is CC(=O)N1CCC2(CC1)CC(N(C(C)=O)c1ccccc1)CO2. The molecule has 2 amide bonds. The van der Waals surface area contributed by atoms with Crippen LogP contribution in [0.5, 0.6) is 0 Å². The number of para-hydroxylation sites is 1. The van der Waals surface area contributed by atoms with Crippen molar-refractivity contribution in [2.75, 3.05) is 24.6 Å². The van der Waals surface area contributed by atoms with E-state index in [-0.39, 0.29) is 23.5 Å². The van der Waals surface area contributed by atoms with Gasteiger partial charge in [-0.05, 0) is 31.4 Å². The maximum atomic E-state index is 12.2. The number of nitrogens with zero attached hydrogens (tertiary/aromatic N) is 2. The van der Waals surface area contributed by atoms with Crippen LogP contribution in [0.3, 0.4) is 0 Å². The average molecular weight is 316 g/mol. The van der Waals surface area contributed by atoms with Crippen molar-refractivity contribution in [3.05, 3.63) is 30.3 Å². The molecule has 5 heteroatoms. The van der Waals surface area contributed by atoms with Gasteiger partial charge in [-0.15, -0.1) is 0 Å². The van der Waals surface area contributed by atoms with Crippen LogP contribution in [0.2, 0.25) is 0 Å². The minimum atomic E-state index is -0.181. The van der Waals surface area contributed by atoms with Crippen LogP contribution < -0.4 is 4.90 Å². The number of benzene rings is 1. The van der Waals surface area contributed by atoms with Crippen molar-refractivity contribution < 1.29 is 14.3 Å². The lowest BCUT2D eigenvalue weighted by atomic mass is 9.87. The summed E-state index contributed by atoms with van der Waals surface area (Å²) in [5, 5.41) is 0. The van der Waals surface area contributed by atoms with E-state index in [1.54, 1.807) is 13.8 Å². The molecule has 1 aromatic rings. The minimum Gasteiger partial charge on any atom is -0.373 e. The topological polar surface area (TPSA) is 49.9 Å². The molecule has 0 aliphatic carbocycles. The summed E-state index contributed by atoms with van der Waals surface area (Å²) >= 11 is 0. The molecule has 2 fully saturated rings. The van der Waals surface area contributed by atoms with Crippen molar-refractivity contribution >= 4 is 17.5 Å². The second kappa shape index (κ2) is 6.32. The van der Waals surface area contributed by atoms with Crippen LogP contribution in [0, 0.1) is 0 Å². The maximum absolute atomic E-state index is 12.2. The zero-order valence-corrected chi connectivity index (χ0v) is 13.8. The van der Waals surface area contributed by atoms with E-state index in [1.165, 1.54) is 0 Å². The third-order valence-corrected chi connectivity index (χ3v) is 5.05. The van der Waals surface area contributed by atoms with Gasteiger partial charge >= 0.3 is 0 Å². The molecular weight excluding hydrogens is 292 g/mol. The van der Waals surface area contributed by atoms with E-state index in [9.17, 15) is 9.59 Å². The van der Waals surface area contributed by atoms with Crippen molar-refractivity contribution in [3.63, 3.8) is 0 Å². The first-order valence-electron chi connectivity index (χ1n) is 8.25. The van der Waals surface area contributed by atoms with Crippen LogP contribution in [0.1, 0.15) is 33.1 Å². The number of carbonyl (C=O) groups excluding carboxylic acids is 2. The second-order valence-electron chi connectivity index (χ2n) is 6.58. The molecule has 2 aliphatic rings. The highest BCUT2D eigenvalue weighted by Crippen LogP contribution is 2.38. The van der Waals surface area contributed by atoms with Crippen LogP contribution in [0.4, 0.5) is 5.69 Å². The standard InChI is InChI=1S/C18H24N2O3/c1-14(21)19-10-8-18(9-11-19)12-17(13-23-18)20(15(2)22)16-6-4-3-5-7-16/h3-7,17H,8-13H2,1-2H3. The quantitative estimate of drug-likeness (QED) is 0.840. The van der Waals surface area contributed by atoms with Gasteiger partial charge in [0.25, 0.3) is 0 Å². The zero-order valence-electron chi connectivity index (χ0n) is 13.8. The Kier molecular flexibility index (Phi) is 4.39. The Labute approximate surface area is 137 Å². The Hall–Kier alpha value is -1.88. The maximum Gasteiger partial charge on any atom is 0.224 e. The molecule has 0 aromatic heterocycles. The molecule has 1 spiro atoms. The number of hydrogen-bond acceptors (Lipinski definition) is 3. The molecule has 1 unspecified atom stereocenters. The summed E-state index contributed by atoms with van der Waals surface area (Å²) in [4.78, 5) is 27.4. The Bertz CT molecular complexity index is 579. The summed E-state index contributed by atoms with van der Waals surface area (Å²) in [7, 11) is 0. The van der Waals surface area contributed by atoms with Crippen LogP contribution in [-0.4, -0.2) is 48.1 Å². The lowest BCUT2D eigenvalue weighted by Gasteiger charge is -2.38. The van der Waals surface area contributed by atoms with Crippen LogP contribution in [0.15, 0.2) is 30.3 Å². The molecule has 2 saturated heterocycles. The lowest BCUT2D eigenvalue weighted by molar-refractivity contribution is -0.133. The Balaban J connectivity index is 1.71. The number of piperidine rings is 1. The van der Waals surface area contributed by atoms with Gasteiger partial charge < -0.3 is 14.5 Å². The molecule has 124 valence electrons. The number of rotatable bonds is 2. The fraction of sp³-hybridized carbons (Fsp3) is 0.556. The minimum absolute atomic E-state index is 0.0445. The van der Waals surface area contributed by atoms with Crippen LogP contribution in [-0.2, 0) is 14.3 Å². The Morgan fingerprint density at radius 3 is 2.39 bits per heavy atom. The summed E-state index contributed by atoms with van der Waals surface area (Å²) in [6, 6.07) is 9.84. The van der Waals surface area contributed by atoms with Gasteiger partial charge in [0.05, 0.1) is 18.2 Å². The van der Waals surface area contributed by atoms with Gasteiger partial charge in [0.2, 0.25) is 11.8 Å². The summed E-state index contributed by atoms with van der Waals surface area (Å²) in [6.07, 6.45) is 2.54. The first-order chi connectivity index (χ1) is 11.0. The molecular formula is C18H24N2O3. The van der Waals surface area contributed by atoms with Crippen molar-refractivity contribution in [1.29, 1.82) is 0 Å². The zero-order chi connectivity index (χ0) is 16.4. The molecule has 1 atom stereocenters. The van der Waals surface area contributed by atoms with Gasteiger partial charge in [0, 0.05) is 32.6 Å². The third kappa shape index (κ3) is 3.24. The van der Waals surface area contributed by atoms with Crippen LogP contribution in [0.25, 0.3) is 0 Å². The highest BCUT2D eigenvalue weighted by molar-refractivity contribution is 5.92. The molecule has 1 aromatic carbocycles. The predicted octanol–water partition coefficient (Wildman–Crippen LogP) is 2.21. The monoisotopic (exact) mass is 316 g/mol. The molecule has 2 heterocycles. The number of amides is 2. The largest absolute Gasteiger partial charge is 0.373 e. The molecule has 2 aliphatic heterocycles. The first-order valence-corrected chi connectivity index (χ1v) is 8.25. The number of ether oxygens (including phenoxy) is 1. The van der Waals surface area contributed by atoms with Gasteiger partial charge in [0.1, 0.15) is 0 Å². The van der Waals surface area contributed by atoms with Gasteiger partial charge in [-0.1, -0.05) is 18.2 Å².